The topological polar surface area (TPSA) is 49.9 Å². The summed E-state index contributed by atoms with van der Waals surface area (Å²) in [7, 11) is 1.63. The Morgan fingerprint density at radius 2 is 1.44 bits per heavy atom. The van der Waals surface area contributed by atoms with Gasteiger partial charge in [0, 0.05) is 44.4 Å². The second-order valence-corrected chi connectivity index (χ2v) is 6.68. The number of nitrogens with zero attached hydrogens (tertiary/aromatic N) is 2. The van der Waals surface area contributed by atoms with Crippen LogP contribution in [-0.4, -0.2) is 54.9 Å². The molecule has 0 radical (unpaired) electrons. The maximum absolute atomic E-state index is 13.7. The first-order valence-corrected chi connectivity index (χ1v) is 8.92. The average Bonchev–Trinajstić information content (AvgIpc) is 2.70. The van der Waals surface area contributed by atoms with E-state index in [4.69, 9.17) is 4.74 Å². The Balaban J connectivity index is 1.60. The zero-order valence-electron chi connectivity index (χ0n) is 15.6. The molecule has 1 fully saturated rings. The van der Waals surface area contributed by atoms with E-state index in [-0.39, 0.29) is 17.6 Å². The molecule has 0 atom stereocenters. The number of ether oxygens (including phenoxy) is 1. The number of hydrogen-bond acceptors (Lipinski definition) is 3. The van der Waals surface area contributed by atoms with Crippen LogP contribution in [0.1, 0.15) is 31.8 Å². The Labute approximate surface area is 158 Å². The molecule has 1 aliphatic heterocycles. The third-order valence-corrected chi connectivity index (χ3v) is 4.78. The molecule has 3 rings (SSSR count). The third-order valence-electron chi connectivity index (χ3n) is 4.78. The number of aryl methyl sites for hydroxylation is 1. The van der Waals surface area contributed by atoms with Crippen LogP contribution in [0.4, 0.5) is 4.39 Å². The lowest BCUT2D eigenvalue weighted by Crippen LogP contribution is -2.50. The predicted octanol–water partition coefficient (Wildman–Crippen LogP) is 2.88. The summed E-state index contributed by atoms with van der Waals surface area (Å²) in [5.41, 5.74) is 2.48. The predicted molar refractivity (Wildman–Crippen MR) is 100 cm³/mol. The van der Waals surface area contributed by atoms with Crippen molar-refractivity contribution in [3.05, 3.63) is 70.5 Å². The van der Waals surface area contributed by atoms with Crippen LogP contribution in [0.3, 0.4) is 0 Å². The van der Waals surface area contributed by atoms with Crippen molar-refractivity contribution in [3.63, 3.8) is 0 Å². The van der Waals surface area contributed by atoms with Crippen LogP contribution < -0.4 is 0 Å². The number of benzene rings is 2. The van der Waals surface area contributed by atoms with Crippen molar-refractivity contribution < 1.29 is 18.7 Å². The van der Waals surface area contributed by atoms with Gasteiger partial charge >= 0.3 is 0 Å². The molecule has 1 heterocycles. The molecule has 0 aromatic heterocycles. The fraction of sp³-hybridized carbons (Fsp3) is 0.333. The van der Waals surface area contributed by atoms with Crippen LogP contribution in [0.2, 0.25) is 0 Å². The van der Waals surface area contributed by atoms with Crippen LogP contribution in [0.15, 0.2) is 42.5 Å². The molecule has 0 bridgehead atoms. The fourth-order valence-corrected chi connectivity index (χ4v) is 3.11. The number of methoxy groups -OCH3 is 1. The van der Waals surface area contributed by atoms with Gasteiger partial charge in [0.2, 0.25) is 0 Å². The first-order chi connectivity index (χ1) is 13.0. The van der Waals surface area contributed by atoms with Crippen LogP contribution in [0.5, 0.6) is 0 Å². The third kappa shape index (κ3) is 4.34. The Morgan fingerprint density at radius 1 is 0.926 bits per heavy atom. The summed E-state index contributed by atoms with van der Waals surface area (Å²) in [6.07, 6.45) is 0. The van der Waals surface area contributed by atoms with Crippen LogP contribution in [-0.2, 0) is 11.3 Å². The molecule has 1 aliphatic rings. The van der Waals surface area contributed by atoms with Crippen molar-refractivity contribution in [2.24, 2.45) is 0 Å². The number of carbonyl (C=O) groups excluding carboxylic acids is 2. The summed E-state index contributed by atoms with van der Waals surface area (Å²) in [5.74, 6) is -0.635. The normalized spacial score (nSPS) is 14.3. The zero-order chi connectivity index (χ0) is 19.4. The Bertz CT molecular complexity index is 828. The van der Waals surface area contributed by atoms with Crippen molar-refractivity contribution in [2.75, 3.05) is 33.3 Å². The van der Waals surface area contributed by atoms with Gasteiger partial charge in [0.15, 0.2) is 0 Å². The highest BCUT2D eigenvalue weighted by atomic mass is 19.1. The number of carbonyl (C=O) groups is 2. The van der Waals surface area contributed by atoms with Gasteiger partial charge < -0.3 is 14.5 Å². The molecule has 27 heavy (non-hydrogen) atoms. The van der Waals surface area contributed by atoms with E-state index in [1.807, 2.05) is 12.1 Å². The first-order valence-electron chi connectivity index (χ1n) is 8.92. The number of amides is 2. The lowest BCUT2D eigenvalue weighted by Gasteiger charge is -2.35. The van der Waals surface area contributed by atoms with Crippen LogP contribution >= 0.6 is 0 Å². The average molecular weight is 370 g/mol. The smallest absolute Gasteiger partial charge is 0.254 e. The van der Waals surface area contributed by atoms with Gasteiger partial charge in [-0.3, -0.25) is 9.59 Å². The summed E-state index contributed by atoms with van der Waals surface area (Å²) in [6.45, 7) is 3.95. The van der Waals surface area contributed by atoms with Crippen molar-refractivity contribution in [1.82, 2.24) is 9.80 Å². The number of piperazine rings is 1. The van der Waals surface area contributed by atoms with Gasteiger partial charge in [-0.25, -0.2) is 4.39 Å². The van der Waals surface area contributed by atoms with E-state index < -0.39 is 0 Å². The minimum absolute atomic E-state index is 0.0487. The van der Waals surface area contributed by atoms with Crippen molar-refractivity contribution >= 4 is 11.8 Å². The summed E-state index contributed by atoms with van der Waals surface area (Å²) in [6, 6.07) is 11.9. The highest BCUT2D eigenvalue weighted by molar-refractivity contribution is 5.96. The molecular formula is C21H23FN2O3. The molecule has 5 nitrogen and oxygen atoms in total. The molecule has 0 unspecified atom stereocenters. The van der Waals surface area contributed by atoms with E-state index >= 15 is 0 Å². The second kappa shape index (κ2) is 8.31. The van der Waals surface area contributed by atoms with Crippen LogP contribution in [0.25, 0.3) is 0 Å². The quantitative estimate of drug-likeness (QED) is 0.832. The van der Waals surface area contributed by atoms with Gasteiger partial charge in [0.05, 0.1) is 6.61 Å². The number of hydrogen-bond donors (Lipinski definition) is 0. The van der Waals surface area contributed by atoms with Crippen LogP contribution in [0, 0.1) is 12.7 Å². The van der Waals surface area contributed by atoms with E-state index in [1.54, 1.807) is 48.1 Å². The van der Waals surface area contributed by atoms with E-state index in [1.165, 1.54) is 6.07 Å². The fourth-order valence-electron chi connectivity index (χ4n) is 3.11. The summed E-state index contributed by atoms with van der Waals surface area (Å²) < 4.78 is 18.8. The SMILES string of the molecule is COCc1ccc(C(=O)N2CCN(C(=O)c3ccc(C)c(F)c3)CC2)cc1. The second-order valence-electron chi connectivity index (χ2n) is 6.68. The lowest BCUT2D eigenvalue weighted by molar-refractivity contribution is 0.0535. The molecule has 0 spiro atoms. The van der Waals surface area contributed by atoms with Gasteiger partial charge in [0.25, 0.3) is 11.8 Å². The van der Waals surface area contributed by atoms with Gasteiger partial charge in [-0.15, -0.1) is 0 Å². The molecule has 6 heteroatoms. The monoisotopic (exact) mass is 370 g/mol. The summed E-state index contributed by atoms with van der Waals surface area (Å²) in [4.78, 5) is 28.6. The van der Waals surface area contributed by atoms with E-state index in [0.29, 0.717) is 49.5 Å². The molecule has 2 aromatic rings. The summed E-state index contributed by atoms with van der Waals surface area (Å²) >= 11 is 0. The molecule has 0 N–H and O–H groups in total. The molecule has 2 amide bonds. The van der Waals surface area contributed by atoms with E-state index in [9.17, 15) is 14.0 Å². The largest absolute Gasteiger partial charge is 0.380 e. The zero-order valence-corrected chi connectivity index (χ0v) is 15.6. The highest BCUT2D eigenvalue weighted by Gasteiger charge is 2.25. The van der Waals surface area contributed by atoms with Gasteiger partial charge in [-0.2, -0.15) is 0 Å². The Morgan fingerprint density at radius 3 is 1.96 bits per heavy atom. The minimum atomic E-state index is -0.383. The van der Waals surface area contributed by atoms with Gasteiger partial charge in [0.1, 0.15) is 5.82 Å². The molecular weight excluding hydrogens is 347 g/mol. The first kappa shape index (κ1) is 19.0. The van der Waals surface area contributed by atoms with Crippen molar-refractivity contribution in [2.45, 2.75) is 13.5 Å². The molecule has 142 valence electrons. The Kier molecular flexibility index (Phi) is 5.86. The minimum Gasteiger partial charge on any atom is -0.380 e. The van der Waals surface area contributed by atoms with E-state index in [0.717, 1.165) is 5.56 Å². The lowest BCUT2D eigenvalue weighted by atomic mass is 10.1. The van der Waals surface area contributed by atoms with Gasteiger partial charge in [-0.05, 0) is 42.3 Å². The molecule has 0 saturated carbocycles. The van der Waals surface area contributed by atoms with Crippen molar-refractivity contribution in [1.29, 1.82) is 0 Å². The highest BCUT2D eigenvalue weighted by Crippen LogP contribution is 2.15. The molecule has 1 saturated heterocycles. The maximum Gasteiger partial charge on any atom is 0.254 e. The molecule has 2 aromatic carbocycles. The molecule has 0 aliphatic carbocycles. The Hall–Kier alpha value is -2.73. The van der Waals surface area contributed by atoms with Crippen molar-refractivity contribution in [3.8, 4) is 0 Å². The summed E-state index contributed by atoms with van der Waals surface area (Å²) in [5, 5.41) is 0. The van der Waals surface area contributed by atoms with Gasteiger partial charge in [-0.1, -0.05) is 18.2 Å². The standard InChI is InChI=1S/C21H23FN2O3/c1-15-3-6-18(13-19(15)22)21(26)24-11-9-23(10-12-24)20(25)17-7-4-16(5-8-17)14-27-2/h3-8,13H,9-12,14H2,1-2H3. The number of rotatable bonds is 4. The number of halogens is 1. The maximum atomic E-state index is 13.7. The van der Waals surface area contributed by atoms with E-state index in [2.05, 4.69) is 0 Å².